The largest absolute Gasteiger partial charge is 0.457 e. The summed E-state index contributed by atoms with van der Waals surface area (Å²) >= 11 is 0. The molecule has 0 radical (unpaired) electrons. The van der Waals surface area contributed by atoms with E-state index in [2.05, 4.69) is 25.7 Å². The SMILES string of the molecule is C=C1[C@@H]2CC[C@H]3[C@]4(C)CCC[C@@](C)(C(=O)Nc5ccccc5)[C@H]4CC[C@]3(C2)[C@H]1OC(C)=O. The molecule has 0 aromatic heterocycles. The Hall–Kier alpha value is -2.10. The zero-order valence-electron chi connectivity index (χ0n) is 19.8. The van der Waals surface area contributed by atoms with Crippen LogP contribution in [0, 0.1) is 34.0 Å². The monoisotopic (exact) mass is 435 g/mol. The highest BCUT2D eigenvalue weighted by Crippen LogP contribution is 2.72. The lowest BCUT2D eigenvalue weighted by Gasteiger charge is -2.64. The smallest absolute Gasteiger partial charge is 0.303 e. The molecule has 4 heteroatoms. The predicted octanol–water partition coefficient (Wildman–Crippen LogP) is 6.14. The van der Waals surface area contributed by atoms with Crippen LogP contribution in [0.4, 0.5) is 5.69 Å². The molecule has 7 atom stereocenters. The number of carbonyl (C=O) groups excluding carboxylic acids is 2. The fourth-order valence-corrected chi connectivity index (χ4v) is 8.76. The summed E-state index contributed by atoms with van der Waals surface area (Å²) in [5.41, 5.74) is 1.72. The quantitative estimate of drug-likeness (QED) is 0.458. The van der Waals surface area contributed by atoms with Gasteiger partial charge in [-0.2, -0.15) is 0 Å². The summed E-state index contributed by atoms with van der Waals surface area (Å²) in [6, 6.07) is 9.84. The second-order valence-electron chi connectivity index (χ2n) is 11.5. The van der Waals surface area contributed by atoms with Gasteiger partial charge >= 0.3 is 5.97 Å². The van der Waals surface area contributed by atoms with Crippen molar-refractivity contribution in [2.75, 3.05) is 5.32 Å². The van der Waals surface area contributed by atoms with Gasteiger partial charge in [0.1, 0.15) is 6.10 Å². The number of fused-ring (bicyclic) bond motifs is 3. The Morgan fingerprint density at radius 3 is 2.50 bits per heavy atom. The number of para-hydroxylation sites is 1. The number of benzene rings is 1. The van der Waals surface area contributed by atoms with Crippen molar-refractivity contribution in [1.29, 1.82) is 0 Å². The van der Waals surface area contributed by atoms with Crippen LogP contribution in [0.15, 0.2) is 42.5 Å². The number of nitrogens with one attached hydrogen (secondary N) is 1. The molecule has 1 aromatic rings. The number of rotatable bonds is 3. The molecule has 4 aliphatic rings. The Balaban J connectivity index is 1.48. The third-order valence-corrected chi connectivity index (χ3v) is 10.0. The average Bonchev–Trinajstić information content (AvgIpc) is 2.94. The first-order chi connectivity index (χ1) is 15.2. The van der Waals surface area contributed by atoms with Crippen molar-refractivity contribution in [3.8, 4) is 0 Å². The van der Waals surface area contributed by atoms with Crippen molar-refractivity contribution in [1.82, 2.24) is 0 Å². The fourth-order valence-electron chi connectivity index (χ4n) is 8.76. The predicted molar refractivity (Wildman–Crippen MR) is 126 cm³/mol. The summed E-state index contributed by atoms with van der Waals surface area (Å²) in [4.78, 5) is 25.7. The lowest BCUT2D eigenvalue weighted by atomic mass is 9.40. The maximum Gasteiger partial charge on any atom is 0.303 e. The molecule has 1 spiro atoms. The van der Waals surface area contributed by atoms with E-state index in [1.165, 1.54) is 6.92 Å². The normalized spacial score (nSPS) is 42.5. The van der Waals surface area contributed by atoms with Gasteiger partial charge in [0, 0.05) is 18.0 Å². The highest BCUT2D eigenvalue weighted by Gasteiger charge is 2.68. The first-order valence-corrected chi connectivity index (χ1v) is 12.4. The van der Waals surface area contributed by atoms with Gasteiger partial charge in [-0.15, -0.1) is 0 Å². The van der Waals surface area contributed by atoms with E-state index < -0.39 is 0 Å². The molecule has 0 heterocycles. The van der Waals surface area contributed by atoms with Gasteiger partial charge in [-0.25, -0.2) is 0 Å². The minimum Gasteiger partial charge on any atom is -0.457 e. The molecule has 2 bridgehead atoms. The minimum atomic E-state index is -0.381. The molecule has 4 aliphatic carbocycles. The first-order valence-electron chi connectivity index (χ1n) is 12.4. The van der Waals surface area contributed by atoms with E-state index in [4.69, 9.17) is 4.74 Å². The lowest BCUT2D eigenvalue weighted by molar-refractivity contribution is -0.187. The van der Waals surface area contributed by atoms with Gasteiger partial charge < -0.3 is 10.1 Å². The minimum absolute atomic E-state index is 0.00504. The standard InChI is InChI=1S/C28H37NO3/c1-18-20-11-12-23-26(3)14-8-15-27(4,25(31)29-21-9-6-5-7-10-21)22(26)13-16-28(23,17-20)24(18)32-19(2)30/h5-7,9-10,20,22-24H,1,8,11-17H2,2-4H3,(H,29,31)/t20-,22+,23+,24+,26-,27-,28-/m1/s1. The number of hydrogen-bond acceptors (Lipinski definition) is 3. The molecular weight excluding hydrogens is 398 g/mol. The van der Waals surface area contributed by atoms with Crippen molar-refractivity contribution >= 4 is 17.6 Å². The zero-order valence-corrected chi connectivity index (χ0v) is 19.8. The topological polar surface area (TPSA) is 55.4 Å². The summed E-state index contributed by atoms with van der Waals surface area (Å²) in [7, 11) is 0. The van der Waals surface area contributed by atoms with Crippen molar-refractivity contribution in [2.24, 2.45) is 34.0 Å². The van der Waals surface area contributed by atoms with Crippen LogP contribution in [0.2, 0.25) is 0 Å². The molecule has 1 N–H and O–H groups in total. The van der Waals surface area contributed by atoms with Gasteiger partial charge in [0.25, 0.3) is 0 Å². The average molecular weight is 436 g/mol. The molecule has 0 saturated heterocycles. The zero-order chi connectivity index (χ0) is 22.7. The Labute approximate surface area is 192 Å². The second-order valence-corrected chi connectivity index (χ2v) is 11.5. The van der Waals surface area contributed by atoms with Gasteiger partial charge in [0.2, 0.25) is 5.91 Å². The van der Waals surface area contributed by atoms with Crippen molar-refractivity contribution < 1.29 is 14.3 Å². The molecule has 0 unspecified atom stereocenters. The summed E-state index contributed by atoms with van der Waals surface area (Å²) in [6.45, 7) is 10.6. The van der Waals surface area contributed by atoms with Crippen LogP contribution in [0.3, 0.4) is 0 Å². The Bertz CT molecular complexity index is 941. The Morgan fingerprint density at radius 2 is 1.78 bits per heavy atom. The van der Waals surface area contributed by atoms with Crippen LogP contribution in [0.5, 0.6) is 0 Å². The van der Waals surface area contributed by atoms with Crippen LogP contribution in [0.25, 0.3) is 0 Å². The van der Waals surface area contributed by atoms with Crippen molar-refractivity contribution in [3.05, 3.63) is 42.5 Å². The van der Waals surface area contributed by atoms with Gasteiger partial charge in [-0.1, -0.05) is 45.0 Å². The van der Waals surface area contributed by atoms with Gasteiger partial charge in [0.05, 0.1) is 5.41 Å². The van der Waals surface area contributed by atoms with Crippen LogP contribution >= 0.6 is 0 Å². The van der Waals surface area contributed by atoms with Gasteiger partial charge in [-0.05, 0) is 85.8 Å². The van der Waals surface area contributed by atoms with E-state index in [1.54, 1.807) is 0 Å². The van der Waals surface area contributed by atoms with Crippen LogP contribution in [0.1, 0.15) is 72.1 Å². The van der Waals surface area contributed by atoms with Crippen LogP contribution in [-0.2, 0) is 14.3 Å². The number of esters is 1. The van der Waals surface area contributed by atoms with Crippen LogP contribution < -0.4 is 5.32 Å². The molecule has 32 heavy (non-hydrogen) atoms. The first kappa shape index (κ1) is 21.7. The number of hydrogen-bond donors (Lipinski definition) is 1. The van der Waals surface area contributed by atoms with Crippen molar-refractivity contribution in [2.45, 2.75) is 78.2 Å². The molecule has 1 amide bonds. The number of anilines is 1. The highest BCUT2D eigenvalue weighted by atomic mass is 16.5. The maximum atomic E-state index is 13.7. The number of ether oxygens (including phenoxy) is 1. The Kier molecular flexibility index (Phi) is 5.07. The van der Waals surface area contributed by atoms with E-state index in [-0.39, 0.29) is 34.2 Å². The van der Waals surface area contributed by atoms with E-state index in [1.807, 2.05) is 30.3 Å². The van der Waals surface area contributed by atoms with E-state index in [9.17, 15) is 9.59 Å². The van der Waals surface area contributed by atoms with Crippen molar-refractivity contribution in [3.63, 3.8) is 0 Å². The maximum absolute atomic E-state index is 13.7. The molecular formula is C28H37NO3. The van der Waals surface area contributed by atoms with E-state index in [0.29, 0.717) is 17.8 Å². The molecule has 0 aliphatic heterocycles. The summed E-state index contributed by atoms with van der Waals surface area (Å²) in [5.74, 6) is 1.26. The molecule has 4 fully saturated rings. The molecule has 4 nitrogen and oxygen atoms in total. The van der Waals surface area contributed by atoms with Gasteiger partial charge in [-0.3, -0.25) is 9.59 Å². The Morgan fingerprint density at radius 1 is 1.03 bits per heavy atom. The summed E-state index contributed by atoms with van der Waals surface area (Å²) < 4.78 is 5.98. The molecule has 5 rings (SSSR count). The fraction of sp³-hybridized carbons (Fsp3) is 0.643. The number of amides is 1. The second kappa shape index (κ2) is 7.46. The summed E-state index contributed by atoms with van der Waals surface area (Å²) in [5, 5.41) is 3.23. The molecule has 1 aromatic carbocycles. The van der Waals surface area contributed by atoms with Gasteiger partial charge in [0.15, 0.2) is 0 Å². The highest BCUT2D eigenvalue weighted by molar-refractivity contribution is 5.95. The van der Waals surface area contributed by atoms with E-state index >= 15 is 0 Å². The third kappa shape index (κ3) is 3.01. The third-order valence-electron chi connectivity index (χ3n) is 10.0. The van der Waals surface area contributed by atoms with Crippen LogP contribution in [-0.4, -0.2) is 18.0 Å². The molecule has 172 valence electrons. The lowest BCUT2D eigenvalue weighted by Crippen LogP contribution is -2.61. The van der Waals surface area contributed by atoms with E-state index in [0.717, 1.165) is 62.6 Å². The number of carbonyl (C=O) groups is 2. The summed E-state index contributed by atoms with van der Waals surface area (Å²) in [6.07, 6.45) is 8.45. The molecule has 4 saturated carbocycles.